The summed E-state index contributed by atoms with van der Waals surface area (Å²) < 4.78 is 132. The smallest absolute Gasteiger partial charge is 0.323 e. The Hall–Kier alpha value is -7.53. The zero-order valence-corrected chi connectivity index (χ0v) is 77.5. The quantitative estimate of drug-likeness (QED) is 0.0225. The number of ketones is 1. The first-order valence-corrected chi connectivity index (χ1v) is 45.5. The molecule has 0 radical (unpaired) electrons. The van der Waals surface area contributed by atoms with E-state index >= 15 is 0 Å². The summed E-state index contributed by atoms with van der Waals surface area (Å²) >= 11 is 0. The van der Waals surface area contributed by atoms with E-state index < -0.39 is 296 Å². The largest absolute Gasteiger partial charge is 0.480 e. The van der Waals surface area contributed by atoms with Gasteiger partial charge >= 0.3 is 65.7 Å². The van der Waals surface area contributed by atoms with Crippen molar-refractivity contribution in [3.05, 3.63) is 0 Å². The average Bonchev–Trinajstić information content (AvgIpc) is 0.752. The Morgan fingerprint density at radius 3 is 1.02 bits per heavy atom. The van der Waals surface area contributed by atoms with Crippen LogP contribution >= 0.6 is 0 Å². The second-order valence-electron chi connectivity index (χ2n) is 33.8. The molecule has 0 bridgehead atoms. The van der Waals surface area contributed by atoms with Crippen LogP contribution in [0.2, 0.25) is 0 Å². The van der Waals surface area contributed by atoms with E-state index in [1.54, 1.807) is 0 Å². The maximum Gasteiger partial charge on any atom is 0.323 e. The van der Waals surface area contributed by atoms with Crippen molar-refractivity contribution < 1.29 is 218 Å². The molecule has 46 nitrogen and oxygen atoms in total. The molecule has 6 heterocycles. The van der Waals surface area contributed by atoms with E-state index in [9.17, 15) is 108 Å². The molecule has 10 N–H and O–H groups in total. The van der Waals surface area contributed by atoms with Crippen molar-refractivity contribution in [2.45, 2.75) is 421 Å². The number of hydrogen-bond donors (Lipinski definition) is 10. The minimum absolute atomic E-state index is 0.181. The third kappa shape index (κ3) is 37.4. The van der Waals surface area contributed by atoms with Crippen LogP contribution in [0.25, 0.3) is 0 Å². The van der Waals surface area contributed by atoms with Gasteiger partial charge in [-0.05, 0) is 32.1 Å². The van der Waals surface area contributed by atoms with Crippen molar-refractivity contribution in [2.24, 2.45) is 0 Å². The Kier molecular flexibility index (Phi) is 50.0. The number of carbonyl (C=O) groups is 13. The number of unbranched alkanes of at least 4 members (excludes halogenated alkanes) is 16. The van der Waals surface area contributed by atoms with E-state index in [0.29, 0.717) is 70.6 Å². The molecule has 6 aliphatic heterocycles. The van der Waals surface area contributed by atoms with E-state index in [1.807, 2.05) is 6.92 Å². The topological polar surface area (TPSA) is 631 Å². The van der Waals surface area contributed by atoms with Gasteiger partial charge < -0.3 is 160 Å². The standard InChI is InChI=1S/C87H139NO45/c1-13-14-27-34-55(35-30-25-22-21-24-29-33-54(101)32-28-23-19-17-15-16-18-20-26-31-36-62(102)88(12)37-63(103)104)122-84-76(132-86-80(120-52(10)99)78(118-50(8)97)73(116-48(6)95)60(127-86)42-114-46(4)93)68(109)71(57(39-90)124-84)130-85-77(133-87-81(121-53(11)100)79(119-51(9)98)74(117-49(7)96)61(128-87)43-115-47(5)94)69(110)72(59(126-85)41-113-45(3)92)129-83-70(111)75(65(106)56(38-89)123-83)131-82-67(108)66(107)64(105)58(125-82)40-112-44(2)91/h55-61,64-87,89-90,105-111H,13-43H2,1-12H3,(H,103,104)/t55?,56-,57-,58-,59-,60-,61-,64-,65-,66+,67-,68+,69+,70-,71-,72-,73+,74+,75+,76-,77-,78+,79+,80-,81-,82+,83+,84-,85+,86+,87+/m1/s1. The minimum atomic E-state index is -2.55. The van der Waals surface area contributed by atoms with Gasteiger partial charge in [-0.1, -0.05) is 110 Å². The maximum atomic E-state index is 13.5. The number of Topliss-reactive ketones (excluding diaryl/α,β-unsaturated/α-hetero) is 1. The van der Waals surface area contributed by atoms with E-state index in [2.05, 4.69) is 0 Å². The summed E-state index contributed by atoms with van der Waals surface area (Å²) in [6.07, 6.45) is -45.8. The number of amides is 1. The molecule has 0 saturated carbocycles. The highest BCUT2D eigenvalue weighted by Gasteiger charge is 2.62. The third-order valence-corrected chi connectivity index (χ3v) is 22.7. The number of carboxylic acids is 1. The number of hydrogen-bond acceptors (Lipinski definition) is 44. The second kappa shape index (κ2) is 58.3. The molecule has 6 saturated heterocycles. The van der Waals surface area contributed by atoms with E-state index in [1.165, 1.54) is 11.9 Å². The Labute approximate surface area is 770 Å². The number of nitrogens with zero attached hydrogens (tertiary/aromatic N) is 1. The molecular formula is C87H139NO45. The van der Waals surface area contributed by atoms with Crippen molar-refractivity contribution in [1.82, 2.24) is 4.90 Å². The van der Waals surface area contributed by atoms with Gasteiger partial charge in [0, 0.05) is 95.5 Å². The van der Waals surface area contributed by atoms with Gasteiger partial charge in [0.1, 0.15) is 149 Å². The highest BCUT2D eigenvalue weighted by Crippen LogP contribution is 2.42. The van der Waals surface area contributed by atoms with Crippen molar-refractivity contribution in [3.63, 3.8) is 0 Å². The van der Waals surface area contributed by atoms with Crippen LogP contribution in [0.4, 0.5) is 0 Å². The number of carbonyl (C=O) groups excluding carboxylic acids is 12. The second-order valence-corrected chi connectivity index (χ2v) is 33.8. The molecule has 0 aromatic rings. The predicted molar refractivity (Wildman–Crippen MR) is 444 cm³/mol. The first kappa shape index (κ1) is 114. The molecule has 6 aliphatic rings. The van der Waals surface area contributed by atoms with Crippen LogP contribution in [0, 0.1) is 0 Å². The summed E-state index contributed by atoms with van der Waals surface area (Å²) in [5, 5.41) is 115. The Bertz CT molecular complexity index is 3630. The van der Waals surface area contributed by atoms with Crippen LogP contribution in [0.1, 0.15) is 230 Å². The number of rotatable bonds is 56. The lowest BCUT2D eigenvalue weighted by atomic mass is 9.94. The monoisotopic (exact) mass is 1920 g/mol. The van der Waals surface area contributed by atoms with Crippen LogP contribution in [-0.4, -0.2) is 377 Å². The molecule has 6 fully saturated rings. The minimum Gasteiger partial charge on any atom is -0.480 e. The van der Waals surface area contributed by atoms with Gasteiger partial charge in [0.2, 0.25) is 5.91 Å². The van der Waals surface area contributed by atoms with Crippen LogP contribution in [0.3, 0.4) is 0 Å². The van der Waals surface area contributed by atoms with Crippen LogP contribution < -0.4 is 0 Å². The Balaban J connectivity index is 1.38. The van der Waals surface area contributed by atoms with Crippen LogP contribution in [0.15, 0.2) is 0 Å². The Morgan fingerprint density at radius 1 is 0.293 bits per heavy atom. The van der Waals surface area contributed by atoms with Gasteiger partial charge in [0.05, 0.1) is 19.3 Å². The molecular weight excluding hydrogens is 1780 g/mol. The van der Waals surface area contributed by atoms with E-state index in [-0.39, 0.29) is 18.2 Å². The summed E-state index contributed by atoms with van der Waals surface area (Å²) in [7, 11) is 1.48. The van der Waals surface area contributed by atoms with Gasteiger partial charge in [0.25, 0.3) is 0 Å². The molecule has 0 aliphatic carbocycles. The summed E-state index contributed by atoms with van der Waals surface area (Å²) in [5.74, 6) is -11.3. The first-order chi connectivity index (χ1) is 63.1. The fraction of sp³-hybridized carbons (Fsp3) is 0.851. The zero-order chi connectivity index (χ0) is 98.5. The molecule has 0 aromatic carbocycles. The van der Waals surface area contributed by atoms with Gasteiger partial charge in [-0.3, -0.25) is 62.3 Å². The average molecular weight is 1920 g/mol. The number of aliphatic carboxylic acids is 1. The molecule has 133 heavy (non-hydrogen) atoms. The number of esters is 10. The molecule has 46 heteroatoms. The zero-order valence-electron chi connectivity index (χ0n) is 77.5. The van der Waals surface area contributed by atoms with Gasteiger partial charge in [0.15, 0.2) is 74.4 Å². The lowest BCUT2D eigenvalue weighted by Gasteiger charge is -2.52. The van der Waals surface area contributed by atoms with Crippen molar-refractivity contribution in [2.75, 3.05) is 53.2 Å². The Morgan fingerprint density at radius 2 is 0.609 bits per heavy atom. The molecule has 31 atom stereocenters. The van der Waals surface area contributed by atoms with Gasteiger partial charge in [-0.25, -0.2) is 0 Å². The lowest BCUT2D eigenvalue weighted by molar-refractivity contribution is -0.412. The summed E-state index contributed by atoms with van der Waals surface area (Å²) in [6, 6.07) is 0. The van der Waals surface area contributed by atoms with Crippen molar-refractivity contribution in [3.8, 4) is 0 Å². The maximum absolute atomic E-state index is 13.5. The number of likely N-dealkylation sites (N-methyl/N-ethyl adjacent to an activating group) is 1. The number of ether oxygens (including phenoxy) is 22. The molecule has 1 amide bonds. The normalized spacial score (nSPS) is 32.4. The van der Waals surface area contributed by atoms with E-state index in [4.69, 9.17) is 109 Å². The number of aliphatic hydroxyl groups excluding tert-OH is 9. The summed E-state index contributed by atoms with van der Waals surface area (Å²) in [5.41, 5.74) is 0. The molecule has 0 spiro atoms. The van der Waals surface area contributed by atoms with Gasteiger partial charge in [-0.2, -0.15) is 0 Å². The first-order valence-electron chi connectivity index (χ1n) is 45.5. The fourth-order valence-corrected chi connectivity index (χ4v) is 16.3. The predicted octanol–water partition coefficient (Wildman–Crippen LogP) is 0.495. The van der Waals surface area contributed by atoms with Crippen LogP contribution in [-0.2, 0) is 167 Å². The molecule has 1 unspecified atom stereocenters. The summed E-state index contributed by atoms with van der Waals surface area (Å²) in [6.45, 7) is 5.52. The molecule has 6 rings (SSSR count). The molecule has 0 aromatic heterocycles. The van der Waals surface area contributed by atoms with Crippen LogP contribution in [0.5, 0.6) is 0 Å². The van der Waals surface area contributed by atoms with Crippen molar-refractivity contribution in [1.29, 1.82) is 0 Å². The fourth-order valence-electron chi connectivity index (χ4n) is 16.3. The third-order valence-electron chi connectivity index (χ3n) is 22.7. The number of aliphatic hydroxyl groups is 9. The lowest BCUT2D eigenvalue weighted by Crippen LogP contribution is -2.70. The summed E-state index contributed by atoms with van der Waals surface area (Å²) in [4.78, 5) is 166. The van der Waals surface area contributed by atoms with E-state index in [0.717, 1.165) is 153 Å². The SMILES string of the molecule is CCCCCC(CCCCCCCCC(=O)CCCCCCCCCCCCC(=O)N(C)CC(=O)O)O[C@@H]1O[C@H](CO)[C@@H](O[C@@H]2O[C@H](COC(C)=O)[C@@H](O[C@@H]3O[C@H](CO)[C@@H](O)[C@H](O[C@@H]4O[C@H](COC(C)=O)[C@@H](O)[C@H](O)[C@H]4O)[C@H]3O)[C@H](O)[C@H]2O[C@@H]2O[C@H](COC(C)=O)[C@H](OC(C)=O)[C@H](OC(C)=O)[C@H]2OC(C)=O)[C@H](O)[C@H]1O[C@@H]1O[C@H](COC(C)=O)[C@H](OC(C)=O)[C@H](OC(C)=O)[C@H]1OC(C)=O. The highest BCUT2D eigenvalue weighted by molar-refractivity contribution is 5.81. The van der Waals surface area contributed by atoms with Crippen molar-refractivity contribution >= 4 is 77.4 Å². The van der Waals surface area contributed by atoms with Gasteiger partial charge in [-0.15, -0.1) is 0 Å². The highest BCUT2D eigenvalue weighted by atomic mass is 16.8. The molecule has 762 valence electrons. The number of carboxylic acid groups (broad SMARTS) is 1.